The van der Waals surface area contributed by atoms with E-state index in [1.54, 1.807) is 6.92 Å². The largest absolute Gasteiger partial charge is 0.261 e. The summed E-state index contributed by atoms with van der Waals surface area (Å²) in [4.78, 5) is 3.57. The lowest BCUT2D eigenvalue weighted by atomic mass is 10.3. The van der Waals surface area contributed by atoms with Crippen LogP contribution in [0.1, 0.15) is 12.6 Å². The summed E-state index contributed by atoms with van der Waals surface area (Å²) in [5.74, 6) is -0.877. The van der Waals surface area contributed by atoms with Crippen molar-refractivity contribution in [2.24, 2.45) is 10.2 Å². The fourth-order valence-corrected chi connectivity index (χ4v) is 1.02. The van der Waals surface area contributed by atoms with Crippen LogP contribution in [0, 0.1) is 11.6 Å². The second-order valence-electron chi connectivity index (χ2n) is 2.87. The van der Waals surface area contributed by atoms with Crippen LogP contribution in [0.4, 0.5) is 8.78 Å². The zero-order valence-corrected chi connectivity index (χ0v) is 7.75. The maximum Gasteiger partial charge on any atom is 0.195 e. The molecule has 0 fully saturated rings. The van der Waals surface area contributed by atoms with Crippen LogP contribution in [-0.2, 0) is 0 Å². The Bertz CT molecular complexity index is 454. The predicted octanol–water partition coefficient (Wildman–Crippen LogP) is 0.548. The fourth-order valence-electron chi connectivity index (χ4n) is 1.02. The molecule has 0 saturated heterocycles. The molecular formula is C8H7F2N5. The zero-order valence-electron chi connectivity index (χ0n) is 7.75. The molecule has 0 unspecified atom stereocenters. The Morgan fingerprint density at radius 1 is 1.20 bits per heavy atom. The molecule has 0 amide bonds. The van der Waals surface area contributed by atoms with E-state index in [9.17, 15) is 8.78 Å². The third-order valence-corrected chi connectivity index (χ3v) is 1.69. The summed E-state index contributed by atoms with van der Waals surface area (Å²) in [5, 5.41) is 7.55. The van der Waals surface area contributed by atoms with Crippen molar-refractivity contribution in [3.05, 3.63) is 29.6 Å². The van der Waals surface area contributed by atoms with Crippen molar-refractivity contribution in [1.82, 2.24) is 15.8 Å². The number of nitrogens with zero attached hydrogens (tertiary/aromatic N) is 3. The van der Waals surface area contributed by atoms with E-state index < -0.39 is 11.6 Å². The van der Waals surface area contributed by atoms with Gasteiger partial charge in [-0.25, -0.2) is 13.8 Å². The highest BCUT2D eigenvalue weighted by Gasteiger charge is 2.14. The van der Waals surface area contributed by atoms with Gasteiger partial charge in [-0.15, -0.1) is 0 Å². The first-order chi connectivity index (χ1) is 7.16. The van der Waals surface area contributed by atoms with Gasteiger partial charge in [0.25, 0.3) is 0 Å². The third-order valence-electron chi connectivity index (χ3n) is 1.69. The van der Waals surface area contributed by atoms with Crippen LogP contribution in [0.2, 0.25) is 0 Å². The van der Waals surface area contributed by atoms with Gasteiger partial charge in [0.1, 0.15) is 17.3 Å². The van der Waals surface area contributed by atoms with Crippen LogP contribution in [0.15, 0.2) is 22.5 Å². The van der Waals surface area contributed by atoms with Crippen molar-refractivity contribution in [3.8, 4) is 0 Å². The van der Waals surface area contributed by atoms with Gasteiger partial charge in [-0.2, -0.15) is 10.2 Å². The van der Waals surface area contributed by atoms with E-state index in [0.717, 1.165) is 12.3 Å². The number of hydrogen-bond donors (Lipinski definition) is 2. The summed E-state index contributed by atoms with van der Waals surface area (Å²) in [6, 6.07) is 0.734. The normalized spacial score (nSPS) is 14.9. The summed E-state index contributed by atoms with van der Waals surface area (Å²) in [6.07, 6.45) is 0.911. The number of rotatable bonds is 1. The van der Waals surface area contributed by atoms with Crippen LogP contribution in [0.5, 0.6) is 0 Å². The minimum atomic E-state index is -0.794. The molecule has 5 nitrogen and oxygen atoms in total. The maximum absolute atomic E-state index is 13.2. The second-order valence-corrected chi connectivity index (χ2v) is 2.87. The lowest BCUT2D eigenvalue weighted by Crippen LogP contribution is -2.33. The van der Waals surface area contributed by atoms with Crippen molar-refractivity contribution in [2.45, 2.75) is 6.92 Å². The fraction of sp³-hybridized carbons (Fsp3) is 0.125. The maximum atomic E-state index is 13.2. The second kappa shape index (κ2) is 3.60. The van der Waals surface area contributed by atoms with Crippen LogP contribution < -0.4 is 10.9 Å². The number of halogens is 2. The van der Waals surface area contributed by atoms with Crippen molar-refractivity contribution in [2.75, 3.05) is 0 Å². The Balaban J connectivity index is 2.31. The minimum Gasteiger partial charge on any atom is -0.261 e. The van der Waals surface area contributed by atoms with Gasteiger partial charge in [0.15, 0.2) is 11.7 Å². The SMILES string of the molecule is CC1=NNC(c2ncc(F)cc2F)=NN1. The lowest BCUT2D eigenvalue weighted by molar-refractivity contribution is 0.569. The summed E-state index contributed by atoms with van der Waals surface area (Å²) in [7, 11) is 0. The summed E-state index contributed by atoms with van der Waals surface area (Å²) in [5.41, 5.74) is 4.96. The highest BCUT2D eigenvalue weighted by Crippen LogP contribution is 2.06. The van der Waals surface area contributed by atoms with Crippen molar-refractivity contribution in [1.29, 1.82) is 0 Å². The summed E-state index contributed by atoms with van der Waals surface area (Å²) >= 11 is 0. The van der Waals surface area contributed by atoms with E-state index in [1.807, 2.05) is 0 Å². The topological polar surface area (TPSA) is 61.7 Å². The molecule has 78 valence electrons. The molecular weight excluding hydrogens is 204 g/mol. The number of aromatic nitrogens is 1. The molecule has 2 rings (SSSR count). The summed E-state index contributed by atoms with van der Waals surface area (Å²) < 4.78 is 25.8. The van der Waals surface area contributed by atoms with Crippen LogP contribution >= 0.6 is 0 Å². The molecule has 2 N–H and O–H groups in total. The molecule has 1 aliphatic heterocycles. The molecule has 1 aliphatic rings. The first-order valence-corrected chi connectivity index (χ1v) is 4.12. The van der Waals surface area contributed by atoms with E-state index in [0.29, 0.717) is 5.84 Å². The first-order valence-electron chi connectivity index (χ1n) is 4.12. The average Bonchev–Trinajstić information content (AvgIpc) is 2.20. The monoisotopic (exact) mass is 211 g/mol. The van der Waals surface area contributed by atoms with Crippen molar-refractivity contribution in [3.63, 3.8) is 0 Å². The molecule has 1 aromatic heterocycles. The molecule has 1 aromatic rings. The van der Waals surface area contributed by atoms with Gasteiger partial charge in [0, 0.05) is 6.07 Å². The molecule has 0 atom stereocenters. The van der Waals surface area contributed by atoms with Gasteiger partial charge in [-0.3, -0.25) is 10.9 Å². The molecule has 0 aliphatic carbocycles. The molecule has 15 heavy (non-hydrogen) atoms. The molecule has 7 heteroatoms. The predicted molar refractivity (Wildman–Crippen MR) is 50.1 cm³/mol. The van der Waals surface area contributed by atoms with Crippen LogP contribution in [-0.4, -0.2) is 16.7 Å². The van der Waals surface area contributed by atoms with E-state index in [4.69, 9.17) is 0 Å². The Kier molecular flexibility index (Phi) is 2.28. The van der Waals surface area contributed by atoms with Gasteiger partial charge in [0.05, 0.1) is 6.20 Å². The number of hydrazone groups is 2. The Labute approximate surface area is 83.9 Å². The zero-order chi connectivity index (χ0) is 10.8. The minimum absolute atomic E-state index is 0.0832. The highest BCUT2D eigenvalue weighted by atomic mass is 19.1. The van der Waals surface area contributed by atoms with E-state index in [2.05, 4.69) is 26.0 Å². The van der Waals surface area contributed by atoms with Crippen LogP contribution in [0.3, 0.4) is 0 Å². The smallest absolute Gasteiger partial charge is 0.195 e. The number of amidine groups is 2. The molecule has 0 radical (unpaired) electrons. The lowest BCUT2D eigenvalue weighted by Gasteiger charge is -2.11. The van der Waals surface area contributed by atoms with Gasteiger partial charge >= 0.3 is 0 Å². The molecule has 0 aromatic carbocycles. The Morgan fingerprint density at radius 3 is 2.60 bits per heavy atom. The van der Waals surface area contributed by atoms with Gasteiger partial charge in [-0.1, -0.05) is 0 Å². The molecule has 0 spiro atoms. The quantitative estimate of drug-likeness (QED) is 0.713. The van der Waals surface area contributed by atoms with E-state index in [-0.39, 0.29) is 11.5 Å². The first kappa shape index (κ1) is 9.50. The Morgan fingerprint density at radius 2 is 2.00 bits per heavy atom. The van der Waals surface area contributed by atoms with E-state index >= 15 is 0 Å². The number of nitrogens with one attached hydrogen (secondary N) is 2. The summed E-state index contributed by atoms with van der Waals surface area (Å²) in [6.45, 7) is 1.68. The third kappa shape index (κ3) is 1.90. The average molecular weight is 211 g/mol. The van der Waals surface area contributed by atoms with Crippen molar-refractivity contribution >= 4 is 11.7 Å². The van der Waals surface area contributed by atoms with Gasteiger partial charge in [0.2, 0.25) is 0 Å². The molecule has 2 heterocycles. The standard InChI is InChI=1S/C8H7F2N5/c1-4-12-14-8(15-13-4)7-6(10)2-5(9)3-11-7/h2-3H,1H3,(H,12,13)(H,14,15). The molecule has 0 bridgehead atoms. The number of hydrogen-bond acceptors (Lipinski definition) is 5. The van der Waals surface area contributed by atoms with E-state index in [1.165, 1.54) is 0 Å². The number of pyridine rings is 1. The van der Waals surface area contributed by atoms with Gasteiger partial charge in [-0.05, 0) is 6.92 Å². The highest BCUT2D eigenvalue weighted by molar-refractivity contribution is 6.00. The molecule has 0 saturated carbocycles. The van der Waals surface area contributed by atoms with Crippen LogP contribution in [0.25, 0.3) is 0 Å². The van der Waals surface area contributed by atoms with Crippen molar-refractivity contribution < 1.29 is 8.78 Å². The van der Waals surface area contributed by atoms with Gasteiger partial charge < -0.3 is 0 Å². The Hall–Kier alpha value is -2.05.